The fraction of sp³-hybridized carbons (Fsp3) is 0.357. The normalized spacial score (nSPS) is 15.4. The molecular weight excluding hydrogens is 246 g/mol. The number of ketones is 1. The lowest BCUT2D eigenvalue weighted by Gasteiger charge is -2.24. The van der Waals surface area contributed by atoms with Crippen LogP contribution in [0, 0.1) is 0 Å². The molecule has 1 heterocycles. The Morgan fingerprint density at radius 2 is 1.84 bits per heavy atom. The Morgan fingerprint density at radius 1 is 1.16 bits per heavy atom. The fourth-order valence-corrected chi connectivity index (χ4v) is 2.05. The summed E-state index contributed by atoms with van der Waals surface area (Å²) in [5.41, 5.74) is 0.357. The molecule has 19 heavy (non-hydrogen) atoms. The van der Waals surface area contributed by atoms with Gasteiger partial charge in [0.25, 0.3) is 0 Å². The predicted molar refractivity (Wildman–Crippen MR) is 67.6 cm³/mol. The molecule has 100 valence electrons. The second kappa shape index (κ2) is 5.65. The third-order valence-corrected chi connectivity index (χ3v) is 3.13. The minimum absolute atomic E-state index is 0.0640. The summed E-state index contributed by atoms with van der Waals surface area (Å²) in [5.74, 6) is -0.921. The van der Waals surface area contributed by atoms with Gasteiger partial charge in [-0.1, -0.05) is 0 Å². The molecule has 0 spiro atoms. The molecule has 0 saturated carbocycles. The average Bonchev–Trinajstić information content (AvgIpc) is 2.39. The van der Waals surface area contributed by atoms with Crippen LogP contribution in [0.4, 0.5) is 0 Å². The molecule has 0 unspecified atom stereocenters. The van der Waals surface area contributed by atoms with Gasteiger partial charge in [-0.3, -0.25) is 19.3 Å². The van der Waals surface area contributed by atoms with Crippen molar-refractivity contribution in [2.45, 2.75) is 25.7 Å². The van der Waals surface area contributed by atoms with E-state index >= 15 is 0 Å². The van der Waals surface area contributed by atoms with Crippen LogP contribution in [-0.2, 0) is 9.59 Å². The van der Waals surface area contributed by atoms with Gasteiger partial charge in [-0.25, -0.2) is 0 Å². The highest BCUT2D eigenvalue weighted by Gasteiger charge is 2.26. The molecule has 0 atom stereocenters. The van der Waals surface area contributed by atoms with Crippen molar-refractivity contribution in [2.24, 2.45) is 0 Å². The summed E-state index contributed by atoms with van der Waals surface area (Å²) in [5, 5.41) is 9.13. The molecule has 1 aliphatic heterocycles. The van der Waals surface area contributed by atoms with Crippen LogP contribution < -0.4 is 0 Å². The molecule has 1 fully saturated rings. The van der Waals surface area contributed by atoms with Crippen LogP contribution in [0.1, 0.15) is 36.0 Å². The molecule has 0 bridgehead atoms. The van der Waals surface area contributed by atoms with Crippen molar-refractivity contribution in [1.82, 2.24) is 4.90 Å². The highest BCUT2D eigenvalue weighted by molar-refractivity contribution is 6.10. The molecule has 5 nitrogen and oxygen atoms in total. The molecule has 2 amide bonds. The lowest BCUT2D eigenvalue weighted by Crippen LogP contribution is -2.41. The smallest absolute Gasteiger partial charge is 0.236 e. The van der Waals surface area contributed by atoms with Crippen molar-refractivity contribution in [3.05, 3.63) is 29.8 Å². The Kier molecular flexibility index (Phi) is 3.94. The number of hydrogen-bond donors (Lipinski definition) is 1. The second-order valence-electron chi connectivity index (χ2n) is 4.54. The van der Waals surface area contributed by atoms with Gasteiger partial charge in [0.1, 0.15) is 5.75 Å². The number of benzene rings is 1. The van der Waals surface area contributed by atoms with Crippen LogP contribution in [0.25, 0.3) is 0 Å². The van der Waals surface area contributed by atoms with E-state index in [0.717, 1.165) is 12.8 Å². The lowest BCUT2D eigenvalue weighted by atomic mass is 10.1. The number of phenolic OH excluding ortho intramolecular Hbond substituents is 1. The number of amides is 2. The third kappa shape index (κ3) is 3.19. The maximum absolute atomic E-state index is 11.9. The van der Waals surface area contributed by atoms with E-state index in [0.29, 0.717) is 18.5 Å². The Labute approximate surface area is 110 Å². The molecule has 1 aliphatic rings. The van der Waals surface area contributed by atoms with E-state index in [1.807, 2.05) is 0 Å². The Balaban J connectivity index is 2.00. The number of Topliss-reactive ketones (excluding diaryl/α,β-unsaturated/α-hetero) is 1. The zero-order chi connectivity index (χ0) is 13.8. The number of imide groups is 1. The van der Waals surface area contributed by atoms with Crippen molar-refractivity contribution in [3.63, 3.8) is 0 Å². The maximum Gasteiger partial charge on any atom is 0.236 e. The Morgan fingerprint density at radius 3 is 2.47 bits per heavy atom. The third-order valence-electron chi connectivity index (χ3n) is 3.13. The summed E-state index contributed by atoms with van der Waals surface area (Å²) in [4.78, 5) is 36.5. The largest absolute Gasteiger partial charge is 0.508 e. The Hall–Kier alpha value is -2.17. The lowest BCUT2D eigenvalue weighted by molar-refractivity contribution is -0.145. The van der Waals surface area contributed by atoms with E-state index in [4.69, 9.17) is 5.11 Å². The minimum atomic E-state index is -0.442. The molecule has 1 N–H and O–H groups in total. The van der Waals surface area contributed by atoms with Gasteiger partial charge in [0.15, 0.2) is 5.78 Å². The standard InChI is InChI=1S/C14H15NO4/c16-11-6-4-10(5-7-11)12(17)9-14(19)15-8-2-1-3-13(15)18/h4-7,16H,1-3,8-9H2. The van der Waals surface area contributed by atoms with Crippen LogP contribution in [0.5, 0.6) is 5.75 Å². The summed E-state index contributed by atoms with van der Waals surface area (Å²) >= 11 is 0. The van der Waals surface area contributed by atoms with Crippen molar-refractivity contribution >= 4 is 17.6 Å². The zero-order valence-corrected chi connectivity index (χ0v) is 10.5. The van der Waals surface area contributed by atoms with Crippen molar-refractivity contribution < 1.29 is 19.5 Å². The molecule has 1 saturated heterocycles. The van der Waals surface area contributed by atoms with Crippen LogP contribution in [0.3, 0.4) is 0 Å². The number of rotatable bonds is 3. The number of likely N-dealkylation sites (tertiary alicyclic amines) is 1. The van der Waals surface area contributed by atoms with Crippen LogP contribution >= 0.6 is 0 Å². The summed E-state index contributed by atoms with van der Waals surface area (Å²) < 4.78 is 0. The number of carbonyl (C=O) groups is 3. The van der Waals surface area contributed by atoms with Gasteiger partial charge in [0.2, 0.25) is 11.8 Å². The number of carbonyl (C=O) groups excluding carboxylic acids is 3. The van der Waals surface area contributed by atoms with Gasteiger partial charge >= 0.3 is 0 Å². The molecule has 0 aromatic heterocycles. The van der Waals surface area contributed by atoms with Gasteiger partial charge in [-0.2, -0.15) is 0 Å². The number of hydrogen-bond acceptors (Lipinski definition) is 4. The zero-order valence-electron chi connectivity index (χ0n) is 10.5. The maximum atomic E-state index is 11.9. The van der Waals surface area contributed by atoms with Crippen LogP contribution in [0.15, 0.2) is 24.3 Å². The monoisotopic (exact) mass is 261 g/mol. The number of nitrogens with zero attached hydrogens (tertiary/aromatic N) is 1. The van der Waals surface area contributed by atoms with Crippen molar-refractivity contribution in [1.29, 1.82) is 0 Å². The summed E-state index contributed by atoms with van der Waals surface area (Å²) in [7, 11) is 0. The molecule has 0 aliphatic carbocycles. The van der Waals surface area contributed by atoms with E-state index in [1.54, 1.807) is 0 Å². The summed E-state index contributed by atoms with van der Waals surface area (Å²) in [6.45, 7) is 0.403. The van der Waals surface area contributed by atoms with Crippen LogP contribution in [0.2, 0.25) is 0 Å². The van der Waals surface area contributed by atoms with E-state index in [9.17, 15) is 14.4 Å². The minimum Gasteiger partial charge on any atom is -0.508 e. The number of piperidine rings is 1. The molecule has 0 radical (unpaired) electrons. The molecule has 1 aromatic carbocycles. The highest BCUT2D eigenvalue weighted by Crippen LogP contribution is 2.15. The summed E-state index contributed by atoms with van der Waals surface area (Å²) in [6.07, 6.45) is 1.66. The first-order valence-corrected chi connectivity index (χ1v) is 6.23. The van der Waals surface area contributed by atoms with Gasteiger partial charge in [-0.05, 0) is 37.1 Å². The summed E-state index contributed by atoms with van der Waals surface area (Å²) in [6, 6.07) is 5.71. The SMILES string of the molecule is O=C(CC(=O)N1CCCCC1=O)c1ccc(O)cc1. The quantitative estimate of drug-likeness (QED) is 0.661. The van der Waals surface area contributed by atoms with Crippen LogP contribution in [-0.4, -0.2) is 34.1 Å². The van der Waals surface area contributed by atoms with Gasteiger partial charge in [-0.15, -0.1) is 0 Å². The second-order valence-corrected chi connectivity index (χ2v) is 4.54. The topological polar surface area (TPSA) is 74.7 Å². The fourth-order valence-electron chi connectivity index (χ4n) is 2.05. The average molecular weight is 261 g/mol. The Bertz CT molecular complexity index is 507. The van der Waals surface area contributed by atoms with Crippen molar-refractivity contribution in [3.8, 4) is 5.75 Å². The molecule has 1 aromatic rings. The number of phenols is 1. The molecule has 5 heteroatoms. The predicted octanol–water partition coefficient (Wildman–Crippen LogP) is 1.50. The first kappa shape index (κ1) is 13.3. The number of aromatic hydroxyl groups is 1. The van der Waals surface area contributed by atoms with Gasteiger partial charge < -0.3 is 5.11 Å². The van der Waals surface area contributed by atoms with E-state index in [1.165, 1.54) is 29.2 Å². The molecule has 2 rings (SSSR count). The van der Waals surface area contributed by atoms with Gasteiger partial charge in [0, 0.05) is 18.5 Å². The molecular formula is C14H15NO4. The van der Waals surface area contributed by atoms with Crippen molar-refractivity contribution in [2.75, 3.05) is 6.54 Å². The van der Waals surface area contributed by atoms with E-state index < -0.39 is 5.91 Å². The first-order valence-electron chi connectivity index (χ1n) is 6.23. The van der Waals surface area contributed by atoms with E-state index in [2.05, 4.69) is 0 Å². The first-order chi connectivity index (χ1) is 9.08. The van der Waals surface area contributed by atoms with Gasteiger partial charge in [0.05, 0.1) is 6.42 Å². The van der Waals surface area contributed by atoms with E-state index in [-0.39, 0.29) is 23.9 Å². The highest BCUT2D eigenvalue weighted by atomic mass is 16.3.